The number of nitrogens with two attached hydrogens (primary N) is 1. The molecule has 0 radical (unpaired) electrons. The lowest BCUT2D eigenvalue weighted by Gasteiger charge is -2.43. The van der Waals surface area contributed by atoms with E-state index in [1.807, 2.05) is 32.9 Å². The van der Waals surface area contributed by atoms with E-state index < -0.39 is 34.8 Å². The number of hydrogen-bond acceptors (Lipinski definition) is 4. The third kappa shape index (κ3) is 4.19. The Bertz CT molecular complexity index is 1350. The molecule has 2 unspecified atom stereocenters. The lowest BCUT2D eigenvalue weighted by Crippen LogP contribution is -2.53. The summed E-state index contributed by atoms with van der Waals surface area (Å²) in [5.74, 6) is -1.45. The van der Waals surface area contributed by atoms with E-state index in [1.165, 1.54) is 18.2 Å². The van der Waals surface area contributed by atoms with Crippen LogP contribution in [-0.2, 0) is 16.8 Å². The molecule has 1 heterocycles. The predicted molar refractivity (Wildman–Crippen MR) is 128 cm³/mol. The summed E-state index contributed by atoms with van der Waals surface area (Å²) in [6, 6.07) is 16.1. The van der Waals surface area contributed by atoms with E-state index in [0.29, 0.717) is 11.1 Å². The molecule has 8 heteroatoms. The largest absolute Gasteiger partial charge is 0.478 e. The highest BCUT2D eigenvalue weighted by atomic mass is 35.5. The molecule has 180 valence electrons. The number of amides is 1. The Balaban J connectivity index is 2.03. The molecule has 0 saturated heterocycles. The van der Waals surface area contributed by atoms with Gasteiger partial charge in [0.15, 0.2) is 11.7 Å². The van der Waals surface area contributed by atoms with Gasteiger partial charge in [0.1, 0.15) is 17.4 Å². The van der Waals surface area contributed by atoms with Gasteiger partial charge in [-0.05, 0) is 17.7 Å². The van der Waals surface area contributed by atoms with Gasteiger partial charge >= 0.3 is 6.09 Å². The predicted octanol–water partition coefficient (Wildman–Crippen LogP) is 6.50. The van der Waals surface area contributed by atoms with Crippen LogP contribution in [0.5, 0.6) is 5.75 Å². The molecular weight excluding hydrogens is 474 g/mol. The molecule has 0 aliphatic carbocycles. The van der Waals surface area contributed by atoms with E-state index in [1.54, 1.807) is 24.3 Å². The third-order valence-corrected chi connectivity index (χ3v) is 6.48. The van der Waals surface area contributed by atoms with Gasteiger partial charge in [-0.25, -0.2) is 13.6 Å². The molecule has 0 fully saturated rings. The average molecular weight is 497 g/mol. The van der Waals surface area contributed by atoms with Crippen LogP contribution in [0.3, 0.4) is 0 Å². The van der Waals surface area contributed by atoms with Crippen molar-refractivity contribution in [2.24, 2.45) is 11.1 Å². The SMILES string of the molecule is CC(C)(C)C(OC(N)=O)C1(c2ccccc2)Cc2c(cc(F)c(Cl)c2-c2c(F)cccc2C#N)O1. The molecule has 1 amide bonds. The Morgan fingerprint density at radius 1 is 1.14 bits per heavy atom. The number of primary amides is 1. The lowest BCUT2D eigenvalue weighted by molar-refractivity contribution is -0.101. The van der Waals surface area contributed by atoms with Crippen molar-refractivity contribution in [3.05, 3.63) is 87.9 Å². The minimum Gasteiger partial charge on any atom is -0.478 e. The van der Waals surface area contributed by atoms with Crippen molar-refractivity contribution in [2.45, 2.75) is 38.9 Å². The number of rotatable bonds is 4. The van der Waals surface area contributed by atoms with E-state index in [-0.39, 0.29) is 33.9 Å². The zero-order chi connectivity index (χ0) is 25.5. The zero-order valence-electron chi connectivity index (χ0n) is 19.4. The van der Waals surface area contributed by atoms with Gasteiger partial charge in [-0.3, -0.25) is 0 Å². The molecule has 3 aromatic rings. The first-order valence-electron chi connectivity index (χ1n) is 10.9. The summed E-state index contributed by atoms with van der Waals surface area (Å²) in [6.07, 6.45) is -1.87. The van der Waals surface area contributed by atoms with Gasteiger partial charge in [-0.2, -0.15) is 5.26 Å². The smallest absolute Gasteiger partial charge is 0.404 e. The van der Waals surface area contributed by atoms with E-state index in [2.05, 4.69) is 0 Å². The molecule has 4 rings (SSSR count). The van der Waals surface area contributed by atoms with Crippen LogP contribution in [-0.4, -0.2) is 12.2 Å². The first-order chi connectivity index (χ1) is 16.5. The number of carbonyl (C=O) groups excluding carboxylic acids is 1. The second-order valence-corrected chi connectivity index (χ2v) is 9.89. The van der Waals surface area contributed by atoms with E-state index in [9.17, 15) is 10.1 Å². The van der Waals surface area contributed by atoms with Crippen LogP contribution in [0.2, 0.25) is 5.02 Å². The Morgan fingerprint density at radius 2 is 1.83 bits per heavy atom. The number of benzene rings is 3. The second kappa shape index (κ2) is 8.86. The van der Waals surface area contributed by atoms with Crippen molar-refractivity contribution in [1.29, 1.82) is 5.26 Å². The molecule has 35 heavy (non-hydrogen) atoms. The summed E-state index contributed by atoms with van der Waals surface area (Å²) >= 11 is 6.39. The number of halogens is 3. The van der Waals surface area contributed by atoms with Crippen LogP contribution in [0.15, 0.2) is 54.6 Å². The lowest BCUT2D eigenvalue weighted by atomic mass is 9.72. The number of carbonyl (C=O) groups is 1. The van der Waals surface area contributed by atoms with Gasteiger partial charge in [0, 0.05) is 34.6 Å². The summed E-state index contributed by atoms with van der Waals surface area (Å²) in [4.78, 5) is 12.0. The van der Waals surface area contributed by atoms with Crippen LogP contribution in [0.25, 0.3) is 11.1 Å². The van der Waals surface area contributed by atoms with Gasteiger partial charge in [-0.1, -0.05) is 68.8 Å². The van der Waals surface area contributed by atoms with Crippen molar-refractivity contribution in [3.63, 3.8) is 0 Å². The second-order valence-electron chi connectivity index (χ2n) is 9.52. The highest BCUT2D eigenvalue weighted by molar-refractivity contribution is 6.34. The standard InChI is InChI=1S/C27H23ClF2N2O3/c1-26(2,3)24(34-25(32)33)27(16-9-5-4-6-10-16)13-17-20(35-27)12-19(30)23(28)22(17)21-15(14-31)8-7-11-18(21)29/h4-12,24H,13H2,1-3H3,(H2,32,33). The topological polar surface area (TPSA) is 85.3 Å². The zero-order valence-corrected chi connectivity index (χ0v) is 20.1. The maximum Gasteiger partial charge on any atom is 0.404 e. The monoisotopic (exact) mass is 496 g/mol. The molecule has 2 N–H and O–H groups in total. The molecule has 0 bridgehead atoms. The molecule has 2 atom stereocenters. The molecule has 0 saturated carbocycles. The average Bonchev–Trinajstić information content (AvgIpc) is 3.18. The first kappa shape index (κ1) is 24.5. The van der Waals surface area contributed by atoms with E-state index in [0.717, 1.165) is 6.07 Å². The quantitative estimate of drug-likeness (QED) is 0.447. The molecule has 5 nitrogen and oxygen atoms in total. The summed E-state index contributed by atoms with van der Waals surface area (Å²) < 4.78 is 42.2. The maximum atomic E-state index is 15.1. The summed E-state index contributed by atoms with van der Waals surface area (Å²) in [5.41, 5.74) is 4.38. The van der Waals surface area contributed by atoms with Crippen molar-refractivity contribution in [2.75, 3.05) is 0 Å². The van der Waals surface area contributed by atoms with Gasteiger partial charge < -0.3 is 15.2 Å². The summed E-state index contributed by atoms with van der Waals surface area (Å²) in [7, 11) is 0. The molecule has 1 aliphatic heterocycles. The highest BCUT2D eigenvalue weighted by Crippen LogP contribution is 2.53. The third-order valence-electron chi connectivity index (χ3n) is 6.11. The van der Waals surface area contributed by atoms with Crippen molar-refractivity contribution < 1.29 is 23.0 Å². The van der Waals surface area contributed by atoms with Crippen LogP contribution in [0.1, 0.15) is 37.5 Å². The highest BCUT2D eigenvalue weighted by Gasteiger charge is 2.55. The van der Waals surface area contributed by atoms with Gasteiger partial charge in [0.25, 0.3) is 0 Å². The van der Waals surface area contributed by atoms with Crippen molar-refractivity contribution in [1.82, 2.24) is 0 Å². The normalized spacial score (nSPS) is 17.7. The molecule has 1 aliphatic rings. The fraction of sp³-hybridized carbons (Fsp3) is 0.259. The minimum atomic E-state index is -1.33. The Hall–Kier alpha value is -3.63. The number of nitrogens with zero attached hydrogens (tertiary/aromatic N) is 1. The van der Waals surface area contributed by atoms with Crippen LogP contribution in [0.4, 0.5) is 13.6 Å². The van der Waals surface area contributed by atoms with Gasteiger partial charge in [0.2, 0.25) is 0 Å². The van der Waals surface area contributed by atoms with Crippen LogP contribution < -0.4 is 10.5 Å². The number of nitriles is 1. The van der Waals surface area contributed by atoms with Gasteiger partial charge in [-0.15, -0.1) is 0 Å². The molecule has 3 aromatic carbocycles. The van der Waals surface area contributed by atoms with Crippen LogP contribution in [0, 0.1) is 28.4 Å². The molecule has 0 spiro atoms. The maximum absolute atomic E-state index is 15.1. The number of ether oxygens (including phenoxy) is 2. The van der Waals surface area contributed by atoms with Crippen molar-refractivity contribution in [3.8, 4) is 22.9 Å². The first-order valence-corrected chi connectivity index (χ1v) is 11.3. The number of hydrogen-bond donors (Lipinski definition) is 1. The summed E-state index contributed by atoms with van der Waals surface area (Å²) in [6.45, 7) is 5.57. The molecule has 0 aromatic heterocycles. The Morgan fingerprint density at radius 3 is 2.43 bits per heavy atom. The van der Waals surface area contributed by atoms with Crippen molar-refractivity contribution >= 4 is 17.7 Å². The van der Waals surface area contributed by atoms with Crippen LogP contribution >= 0.6 is 11.6 Å². The fourth-order valence-electron chi connectivity index (χ4n) is 4.80. The molecular formula is C27H23ClF2N2O3. The van der Waals surface area contributed by atoms with Gasteiger partial charge in [0.05, 0.1) is 16.7 Å². The number of fused-ring (bicyclic) bond motifs is 1. The Kier molecular flexibility index (Phi) is 6.20. The Labute approximate surface area is 207 Å². The van der Waals surface area contributed by atoms with E-state index in [4.69, 9.17) is 26.8 Å². The minimum absolute atomic E-state index is 0.00216. The van der Waals surface area contributed by atoms with E-state index >= 15 is 8.78 Å². The summed E-state index contributed by atoms with van der Waals surface area (Å²) in [5, 5.41) is 9.30. The fourth-order valence-corrected chi connectivity index (χ4v) is 5.06.